The third-order valence-corrected chi connectivity index (χ3v) is 6.58. The van der Waals surface area contributed by atoms with Gasteiger partial charge in [0.1, 0.15) is 11.6 Å². The molecule has 0 atom stereocenters. The molecule has 2 aromatic heterocycles. The fraction of sp³-hybridized carbons (Fsp3) is 0.542. The van der Waals surface area contributed by atoms with Crippen LogP contribution in [-0.4, -0.2) is 64.5 Å². The van der Waals surface area contributed by atoms with Crippen LogP contribution in [0.2, 0.25) is 0 Å². The Hall–Kier alpha value is -2.85. The SMILES string of the molecule is CCNC1CCC(Nc2cc(-n3c(C(F)F)nc4ccccc43)nc(N3CCOCC3)n2)CC1. The zero-order chi connectivity index (χ0) is 23.5. The number of hydrogen-bond donors (Lipinski definition) is 2. The molecule has 3 heterocycles. The fourth-order valence-corrected chi connectivity index (χ4v) is 4.89. The van der Waals surface area contributed by atoms with E-state index in [1.807, 2.05) is 11.0 Å². The fourth-order valence-electron chi connectivity index (χ4n) is 4.89. The zero-order valence-electron chi connectivity index (χ0n) is 19.4. The van der Waals surface area contributed by atoms with E-state index in [-0.39, 0.29) is 11.9 Å². The average molecular weight is 472 g/mol. The van der Waals surface area contributed by atoms with Crippen molar-refractivity contribution in [1.82, 2.24) is 24.8 Å². The van der Waals surface area contributed by atoms with Crippen LogP contribution >= 0.6 is 0 Å². The van der Waals surface area contributed by atoms with Crippen molar-refractivity contribution in [3.63, 3.8) is 0 Å². The summed E-state index contributed by atoms with van der Waals surface area (Å²) in [6.07, 6.45) is 1.52. The van der Waals surface area contributed by atoms with E-state index in [2.05, 4.69) is 22.5 Å². The van der Waals surface area contributed by atoms with Gasteiger partial charge in [-0.2, -0.15) is 9.97 Å². The number of nitrogens with zero attached hydrogens (tertiary/aromatic N) is 5. The number of imidazole rings is 1. The Morgan fingerprint density at radius 2 is 1.76 bits per heavy atom. The summed E-state index contributed by atoms with van der Waals surface area (Å²) in [5, 5.41) is 7.09. The van der Waals surface area contributed by atoms with Crippen LogP contribution in [0.15, 0.2) is 30.3 Å². The van der Waals surface area contributed by atoms with Gasteiger partial charge < -0.3 is 20.3 Å². The van der Waals surface area contributed by atoms with Crippen molar-refractivity contribution in [2.75, 3.05) is 43.1 Å². The molecule has 2 fully saturated rings. The molecule has 3 aromatic rings. The van der Waals surface area contributed by atoms with Crippen LogP contribution in [0, 0.1) is 0 Å². The molecular weight excluding hydrogens is 440 g/mol. The monoisotopic (exact) mass is 471 g/mol. The minimum absolute atomic E-state index is 0.282. The summed E-state index contributed by atoms with van der Waals surface area (Å²) in [4.78, 5) is 15.7. The molecule has 0 spiro atoms. The molecule has 0 unspecified atom stereocenters. The van der Waals surface area contributed by atoms with Crippen molar-refractivity contribution in [2.45, 2.75) is 51.1 Å². The van der Waals surface area contributed by atoms with Gasteiger partial charge in [-0.25, -0.2) is 13.8 Å². The average Bonchev–Trinajstić information content (AvgIpc) is 3.26. The maximum atomic E-state index is 14.0. The van der Waals surface area contributed by atoms with Crippen molar-refractivity contribution < 1.29 is 13.5 Å². The molecule has 1 saturated carbocycles. The summed E-state index contributed by atoms with van der Waals surface area (Å²) in [6.45, 7) is 5.59. The highest BCUT2D eigenvalue weighted by Crippen LogP contribution is 2.30. The van der Waals surface area contributed by atoms with Crippen molar-refractivity contribution in [3.8, 4) is 5.82 Å². The predicted molar refractivity (Wildman–Crippen MR) is 128 cm³/mol. The number of alkyl halides is 2. The second-order valence-electron chi connectivity index (χ2n) is 8.86. The Kier molecular flexibility index (Phi) is 6.87. The summed E-state index contributed by atoms with van der Waals surface area (Å²) in [7, 11) is 0. The van der Waals surface area contributed by atoms with Crippen LogP contribution < -0.4 is 15.5 Å². The molecule has 2 aliphatic rings. The van der Waals surface area contributed by atoms with E-state index in [0.29, 0.717) is 61.0 Å². The molecule has 1 aromatic carbocycles. The van der Waals surface area contributed by atoms with Gasteiger partial charge in [0.25, 0.3) is 6.43 Å². The lowest BCUT2D eigenvalue weighted by atomic mass is 9.91. The number of nitrogens with one attached hydrogen (secondary N) is 2. The summed E-state index contributed by atoms with van der Waals surface area (Å²) in [5.74, 6) is 1.24. The second-order valence-corrected chi connectivity index (χ2v) is 8.86. The largest absolute Gasteiger partial charge is 0.378 e. The number of aromatic nitrogens is 4. The van der Waals surface area contributed by atoms with Gasteiger partial charge in [0.15, 0.2) is 5.82 Å². The highest BCUT2D eigenvalue weighted by atomic mass is 19.3. The van der Waals surface area contributed by atoms with Crippen molar-refractivity contribution in [3.05, 3.63) is 36.2 Å². The smallest absolute Gasteiger partial charge is 0.296 e. The molecule has 5 rings (SSSR count). The third-order valence-electron chi connectivity index (χ3n) is 6.58. The molecule has 0 amide bonds. The van der Waals surface area contributed by atoms with E-state index >= 15 is 0 Å². The van der Waals surface area contributed by atoms with Crippen LogP contribution in [0.5, 0.6) is 0 Å². The Bertz CT molecular complexity index is 1110. The van der Waals surface area contributed by atoms with Crippen LogP contribution in [0.25, 0.3) is 16.9 Å². The van der Waals surface area contributed by atoms with Gasteiger partial charge in [-0.1, -0.05) is 19.1 Å². The van der Waals surface area contributed by atoms with E-state index < -0.39 is 6.43 Å². The number of rotatable bonds is 7. The molecule has 10 heteroatoms. The molecular formula is C24H31F2N7O. The lowest BCUT2D eigenvalue weighted by molar-refractivity contribution is 0.122. The molecule has 0 bridgehead atoms. The molecule has 1 aliphatic heterocycles. The summed E-state index contributed by atoms with van der Waals surface area (Å²) < 4.78 is 34.9. The molecule has 182 valence electrons. The number of fused-ring (bicyclic) bond motifs is 1. The van der Waals surface area contributed by atoms with E-state index in [1.165, 1.54) is 4.57 Å². The van der Waals surface area contributed by atoms with Gasteiger partial charge in [-0.05, 0) is 44.4 Å². The summed E-state index contributed by atoms with van der Waals surface area (Å²) in [5.41, 5.74) is 1.11. The van der Waals surface area contributed by atoms with Crippen molar-refractivity contribution in [1.29, 1.82) is 0 Å². The normalized spacial score (nSPS) is 21.4. The first kappa shape index (κ1) is 22.9. The Morgan fingerprint density at radius 3 is 2.50 bits per heavy atom. The quantitative estimate of drug-likeness (QED) is 0.541. The van der Waals surface area contributed by atoms with Gasteiger partial charge in [0.2, 0.25) is 5.95 Å². The van der Waals surface area contributed by atoms with Gasteiger partial charge >= 0.3 is 0 Å². The standard InChI is InChI=1S/C24H31F2N7O/c1-2-27-16-7-9-17(10-8-16)28-20-15-21(31-24(30-20)32-11-13-34-14-12-32)33-19-6-4-3-5-18(19)29-23(33)22(25)26/h3-6,15-17,22,27H,2,7-14H2,1H3,(H,28,30,31). The number of ether oxygens (including phenoxy) is 1. The molecule has 8 nitrogen and oxygen atoms in total. The van der Waals surface area contributed by atoms with Crippen molar-refractivity contribution >= 4 is 22.8 Å². The number of para-hydroxylation sites is 2. The highest BCUT2D eigenvalue weighted by Gasteiger charge is 2.25. The minimum Gasteiger partial charge on any atom is -0.378 e. The Labute approximate surface area is 197 Å². The number of benzene rings is 1. The lowest BCUT2D eigenvalue weighted by Gasteiger charge is -2.31. The molecule has 2 N–H and O–H groups in total. The van der Waals surface area contributed by atoms with Crippen LogP contribution in [0.1, 0.15) is 44.9 Å². The highest BCUT2D eigenvalue weighted by molar-refractivity contribution is 5.78. The maximum absolute atomic E-state index is 14.0. The number of hydrogen-bond acceptors (Lipinski definition) is 7. The first-order valence-electron chi connectivity index (χ1n) is 12.1. The number of halogens is 2. The topological polar surface area (TPSA) is 80.1 Å². The summed E-state index contributed by atoms with van der Waals surface area (Å²) in [6, 6.07) is 9.75. The molecule has 0 radical (unpaired) electrons. The first-order valence-corrected chi connectivity index (χ1v) is 12.1. The van der Waals surface area contributed by atoms with Gasteiger partial charge in [-0.3, -0.25) is 4.57 Å². The Balaban J connectivity index is 1.51. The lowest BCUT2D eigenvalue weighted by Crippen LogP contribution is -2.38. The third kappa shape index (κ3) is 4.83. The van der Waals surface area contributed by atoms with E-state index in [1.54, 1.807) is 24.3 Å². The minimum atomic E-state index is -2.73. The van der Waals surface area contributed by atoms with E-state index in [0.717, 1.165) is 32.2 Å². The van der Waals surface area contributed by atoms with Gasteiger partial charge in [-0.15, -0.1) is 0 Å². The number of anilines is 2. The number of morpholine rings is 1. The second kappa shape index (κ2) is 10.2. The van der Waals surface area contributed by atoms with Crippen LogP contribution in [0.3, 0.4) is 0 Å². The maximum Gasteiger partial charge on any atom is 0.296 e. The Morgan fingerprint density at radius 1 is 1.03 bits per heavy atom. The van der Waals surface area contributed by atoms with Gasteiger partial charge in [0, 0.05) is 31.2 Å². The van der Waals surface area contributed by atoms with E-state index in [9.17, 15) is 8.78 Å². The van der Waals surface area contributed by atoms with Gasteiger partial charge in [0.05, 0.1) is 24.2 Å². The van der Waals surface area contributed by atoms with E-state index in [4.69, 9.17) is 14.7 Å². The zero-order valence-corrected chi connectivity index (χ0v) is 19.4. The first-order chi connectivity index (χ1) is 16.6. The van der Waals surface area contributed by atoms with Crippen LogP contribution in [-0.2, 0) is 4.74 Å². The molecule has 1 aliphatic carbocycles. The predicted octanol–water partition coefficient (Wildman–Crippen LogP) is 3.92. The molecule has 1 saturated heterocycles. The summed E-state index contributed by atoms with van der Waals surface area (Å²) >= 11 is 0. The van der Waals surface area contributed by atoms with Crippen molar-refractivity contribution in [2.24, 2.45) is 0 Å². The molecule has 34 heavy (non-hydrogen) atoms. The van der Waals surface area contributed by atoms with Crippen LogP contribution in [0.4, 0.5) is 20.5 Å².